The second-order valence-electron chi connectivity index (χ2n) is 5.88. The summed E-state index contributed by atoms with van der Waals surface area (Å²) in [5, 5.41) is 0. The fourth-order valence-corrected chi connectivity index (χ4v) is 2.93. The third kappa shape index (κ3) is 2.98. The van der Waals surface area contributed by atoms with E-state index in [1.165, 1.54) is 0 Å². The Morgan fingerprint density at radius 3 is 2.63 bits per heavy atom. The smallest absolute Gasteiger partial charge is 0.312 e. The summed E-state index contributed by atoms with van der Waals surface area (Å²) in [5.74, 6) is 0.184. The van der Waals surface area contributed by atoms with Crippen molar-refractivity contribution in [1.82, 2.24) is 0 Å². The Labute approximate surface area is 115 Å². The first-order chi connectivity index (χ1) is 9.04. The van der Waals surface area contributed by atoms with Crippen molar-refractivity contribution >= 4 is 5.97 Å². The van der Waals surface area contributed by atoms with Gasteiger partial charge in [-0.05, 0) is 30.7 Å². The molecule has 3 heteroatoms. The molecule has 2 rings (SSSR count). The second kappa shape index (κ2) is 5.74. The van der Waals surface area contributed by atoms with Gasteiger partial charge in [-0.2, -0.15) is 0 Å². The van der Waals surface area contributed by atoms with Gasteiger partial charge < -0.3 is 10.5 Å². The van der Waals surface area contributed by atoms with E-state index in [4.69, 9.17) is 10.5 Å². The molecule has 3 nitrogen and oxygen atoms in total. The summed E-state index contributed by atoms with van der Waals surface area (Å²) in [6.45, 7) is 4.52. The zero-order chi connectivity index (χ0) is 13.9. The molecule has 0 saturated heterocycles. The lowest BCUT2D eigenvalue weighted by Gasteiger charge is -2.31. The van der Waals surface area contributed by atoms with Crippen molar-refractivity contribution in [3.8, 4) is 0 Å². The molecule has 19 heavy (non-hydrogen) atoms. The van der Waals surface area contributed by atoms with Crippen LogP contribution in [0.5, 0.6) is 0 Å². The molecule has 0 unspecified atom stereocenters. The van der Waals surface area contributed by atoms with Crippen LogP contribution in [-0.4, -0.2) is 12.0 Å². The van der Waals surface area contributed by atoms with Gasteiger partial charge in [0, 0.05) is 6.04 Å². The van der Waals surface area contributed by atoms with Gasteiger partial charge in [-0.25, -0.2) is 0 Å². The number of benzene rings is 1. The quantitative estimate of drug-likeness (QED) is 0.848. The lowest BCUT2D eigenvalue weighted by atomic mass is 9.75. The van der Waals surface area contributed by atoms with Crippen molar-refractivity contribution in [3.63, 3.8) is 0 Å². The summed E-state index contributed by atoms with van der Waals surface area (Å²) in [4.78, 5) is 12.4. The highest BCUT2D eigenvalue weighted by atomic mass is 16.5. The molecular formula is C16H23NO2. The van der Waals surface area contributed by atoms with E-state index in [9.17, 15) is 4.79 Å². The highest BCUT2D eigenvalue weighted by Crippen LogP contribution is 2.44. The molecule has 2 atom stereocenters. The van der Waals surface area contributed by atoms with Crippen LogP contribution in [0.2, 0.25) is 0 Å². The van der Waals surface area contributed by atoms with Crippen LogP contribution in [0.1, 0.15) is 38.7 Å². The van der Waals surface area contributed by atoms with Crippen LogP contribution in [0.3, 0.4) is 0 Å². The first-order valence-corrected chi connectivity index (χ1v) is 7.01. The number of hydrogen-bond acceptors (Lipinski definition) is 3. The standard InChI is InChI=1S/C16H23NO2/c1-12(2)16(9-8-14(17)10-16)15(18)19-11-13-6-4-3-5-7-13/h3-7,12,14H,8-11,17H2,1-2H3/t14-,16+/m1/s1. The van der Waals surface area contributed by atoms with Crippen molar-refractivity contribution < 1.29 is 9.53 Å². The topological polar surface area (TPSA) is 52.3 Å². The maximum Gasteiger partial charge on any atom is 0.312 e. The Kier molecular flexibility index (Phi) is 4.25. The highest BCUT2D eigenvalue weighted by Gasteiger charge is 2.47. The molecule has 0 aromatic heterocycles. The number of nitrogens with two attached hydrogens (primary N) is 1. The van der Waals surface area contributed by atoms with Gasteiger partial charge in [0.15, 0.2) is 0 Å². The van der Waals surface area contributed by atoms with Gasteiger partial charge in [-0.3, -0.25) is 4.79 Å². The summed E-state index contributed by atoms with van der Waals surface area (Å²) >= 11 is 0. The first-order valence-electron chi connectivity index (χ1n) is 7.01. The van der Waals surface area contributed by atoms with Crippen LogP contribution < -0.4 is 5.73 Å². The molecule has 1 fully saturated rings. The van der Waals surface area contributed by atoms with E-state index in [2.05, 4.69) is 13.8 Å². The highest BCUT2D eigenvalue weighted by molar-refractivity contribution is 5.77. The first kappa shape index (κ1) is 14.1. The van der Waals surface area contributed by atoms with Gasteiger partial charge in [-0.15, -0.1) is 0 Å². The Morgan fingerprint density at radius 2 is 2.11 bits per heavy atom. The summed E-state index contributed by atoms with van der Waals surface area (Å²) < 4.78 is 5.53. The average Bonchev–Trinajstić information content (AvgIpc) is 2.81. The van der Waals surface area contributed by atoms with Gasteiger partial charge in [0.25, 0.3) is 0 Å². The van der Waals surface area contributed by atoms with E-state index in [1.54, 1.807) is 0 Å². The average molecular weight is 261 g/mol. The SMILES string of the molecule is CC(C)[C@]1(C(=O)OCc2ccccc2)CC[C@@H](N)C1. The van der Waals surface area contributed by atoms with Crippen LogP contribution in [-0.2, 0) is 16.1 Å². The molecule has 0 radical (unpaired) electrons. The van der Waals surface area contributed by atoms with Crippen molar-refractivity contribution in [3.05, 3.63) is 35.9 Å². The molecule has 1 saturated carbocycles. The van der Waals surface area contributed by atoms with Gasteiger partial charge >= 0.3 is 5.97 Å². The molecule has 1 aliphatic carbocycles. The second-order valence-corrected chi connectivity index (χ2v) is 5.88. The summed E-state index contributed by atoms with van der Waals surface area (Å²) in [6, 6.07) is 9.92. The normalized spacial score (nSPS) is 26.6. The Bertz CT molecular complexity index is 430. The van der Waals surface area contributed by atoms with Crippen LogP contribution in [0.25, 0.3) is 0 Å². The van der Waals surface area contributed by atoms with Crippen LogP contribution >= 0.6 is 0 Å². The Hall–Kier alpha value is -1.35. The van der Waals surface area contributed by atoms with Crippen LogP contribution in [0, 0.1) is 11.3 Å². The molecule has 1 aromatic rings. The number of carbonyl (C=O) groups excluding carboxylic acids is 1. The van der Waals surface area contributed by atoms with Crippen LogP contribution in [0.4, 0.5) is 0 Å². The third-order valence-electron chi connectivity index (χ3n) is 4.31. The molecule has 0 spiro atoms. The molecule has 0 aliphatic heterocycles. The number of esters is 1. The minimum atomic E-state index is -0.381. The summed E-state index contributed by atoms with van der Waals surface area (Å²) in [6.07, 6.45) is 2.51. The van der Waals surface area contributed by atoms with Crippen molar-refractivity contribution in [2.45, 2.75) is 45.8 Å². The predicted molar refractivity (Wildman–Crippen MR) is 75.3 cm³/mol. The maximum absolute atomic E-state index is 12.4. The minimum Gasteiger partial charge on any atom is -0.460 e. The monoisotopic (exact) mass is 261 g/mol. The number of hydrogen-bond donors (Lipinski definition) is 1. The largest absolute Gasteiger partial charge is 0.460 e. The van der Waals surface area contributed by atoms with E-state index in [0.717, 1.165) is 24.8 Å². The summed E-state index contributed by atoms with van der Waals surface area (Å²) in [7, 11) is 0. The zero-order valence-electron chi connectivity index (χ0n) is 11.8. The van der Waals surface area contributed by atoms with E-state index in [-0.39, 0.29) is 23.3 Å². The van der Waals surface area contributed by atoms with Gasteiger partial charge in [-0.1, -0.05) is 44.2 Å². The van der Waals surface area contributed by atoms with Gasteiger partial charge in [0.1, 0.15) is 6.61 Å². The fraction of sp³-hybridized carbons (Fsp3) is 0.562. The molecule has 0 bridgehead atoms. The predicted octanol–water partition coefficient (Wildman–Crippen LogP) is 2.88. The molecule has 0 heterocycles. The lowest BCUT2D eigenvalue weighted by Crippen LogP contribution is -2.36. The van der Waals surface area contributed by atoms with E-state index >= 15 is 0 Å². The van der Waals surface area contributed by atoms with E-state index < -0.39 is 0 Å². The molecule has 1 aromatic carbocycles. The van der Waals surface area contributed by atoms with Gasteiger partial charge in [0.2, 0.25) is 0 Å². The third-order valence-corrected chi connectivity index (χ3v) is 4.31. The van der Waals surface area contributed by atoms with E-state index in [1.807, 2.05) is 30.3 Å². The summed E-state index contributed by atoms with van der Waals surface area (Å²) in [5.41, 5.74) is 6.63. The van der Waals surface area contributed by atoms with Crippen molar-refractivity contribution in [2.75, 3.05) is 0 Å². The molecule has 2 N–H and O–H groups in total. The number of rotatable bonds is 4. The fourth-order valence-electron chi connectivity index (χ4n) is 2.93. The number of ether oxygens (including phenoxy) is 1. The van der Waals surface area contributed by atoms with Crippen molar-refractivity contribution in [1.29, 1.82) is 0 Å². The lowest BCUT2D eigenvalue weighted by molar-refractivity contribution is -0.160. The molecule has 104 valence electrons. The zero-order valence-corrected chi connectivity index (χ0v) is 11.8. The Balaban J connectivity index is 2.01. The molecule has 1 aliphatic rings. The van der Waals surface area contributed by atoms with E-state index in [0.29, 0.717) is 6.61 Å². The Morgan fingerprint density at radius 1 is 1.42 bits per heavy atom. The maximum atomic E-state index is 12.4. The molecule has 0 amide bonds. The molecular weight excluding hydrogens is 238 g/mol. The number of carbonyl (C=O) groups is 1. The van der Waals surface area contributed by atoms with Gasteiger partial charge in [0.05, 0.1) is 5.41 Å². The van der Waals surface area contributed by atoms with Crippen molar-refractivity contribution in [2.24, 2.45) is 17.1 Å². The van der Waals surface area contributed by atoms with Crippen LogP contribution in [0.15, 0.2) is 30.3 Å². The minimum absolute atomic E-state index is 0.0840.